The number of carbonyl (C=O) groups excluding carboxylic acids is 1. The molecule has 1 fully saturated rings. The number of nitrogens with one attached hydrogen (secondary N) is 2. The summed E-state index contributed by atoms with van der Waals surface area (Å²) in [6.45, 7) is 1.21. The Morgan fingerprint density at radius 3 is 2.78 bits per heavy atom. The minimum Gasteiger partial charge on any atom is -0.351 e. The average Bonchev–Trinajstić information content (AvgIpc) is 2.64. The van der Waals surface area contributed by atoms with Gasteiger partial charge in [0.25, 0.3) is 5.69 Å². The monoisotopic (exact) mass is 375 g/mol. The van der Waals surface area contributed by atoms with Crippen LogP contribution in [0.25, 0.3) is 0 Å². The fraction of sp³-hybridized carbons (Fsp3) is 0.316. The Hall–Kier alpha value is -2.87. The number of benzene rings is 2. The van der Waals surface area contributed by atoms with Gasteiger partial charge in [-0.3, -0.25) is 14.9 Å². The highest BCUT2D eigenvalue weighted by Crippen LogP contribution is 2.27. The molecule has 1 saturated heterocycles. The normalized spacial score (nSPS) is 19.5. The Labute approximate surface area is 154 Å². The van der Waals surface area contributed by atoms with Crippen molar-refractivity contribution < 1.29 is 18.5 Å². The second-order valence-electron chi connectivity index (χ2n) is 6.55. The molecule has 27 heavy (non-hydrogen) atoms. The molecule has 1 amide bonds. The van der Waals surface area contributed by atoms with E-state index in [2.05, 4.69) is 10.6 Å². The molecular formula is C19H19F2N3O3. The van der Waals surface area contributed by atoms with Crippen molar-refractivity contribution in [2.75, 3.05) is 13.1 Å². The number of nitrogens with zero attached hydrogens (tertiary/aromatic N) is 1. The van der Waals surface area contributed by atoms with Crippen molar-refractivity contribution in [2.24, 2.45) is 0 Å². The van der Waals surface area contributed by atoms with Gasteiger partial charge in [0.05, 0.1) is 11.3 Å². The largest absolute Gasteiger partial charge is 0.351 e. The molecule has 2 unspecified atom stereocenters. The van der Waals surface area contributed by atoms with E-state index in [1.54, 1.807) is 6.07 Å². The van der Waals surface area contributed by atoms with Gasteiger partial charge in [-0.05, 0) is 36.2 Å². The van der Waals surface area contributed by atoms with Crippen LogP contribution in [0.1, 0.15) is 23.5 Å². The van der Waals surface area contributed by atoms with Crippen LogP contribution in [0.15, 0.2) is 42.5 Å². The summed E-state index contributed by atoms with van der Waals surface area (Å²) < 4.78 is 26.8. The van der Waals surface area contributed by atoms with Gasteiger partial charge in [-0.25, -0.2) is 8.78 Å². The topological polar surface area (TPSA) is 84.3 Å². The lowest BCUT2D eigenvalue weighted by Crippen LogP contribution is -2.50. The highest BCUT2D eigenvalue weighted by molar-refractivity contribution is 5.79. The van der Waals surface area contributed by atoms with Crippen LogP contribution in [0.5, 0.6) is 0 Å². The summed E-state index contributed by atoms with van der Waals surface area (Å²) in [5.41, 5.74) is 1.10. The van der Waals surface area contributed by atoms with Crippen molar-refractivity contribution in [1.29, 1.82) is 0 Å². The first-order valence-corrected chi connectivity index (χ1v) is 8.62. The Morgan fingerprint density at radius 1 is 1.22 bits per heavy atom. The van der Waals surface area contributed by atoms with Gasteiger partial charge in [0.15, 0.2) is 11.6 Å². The van der Waals surface area contributed by atoms with Crippen LogP contribution in [0.2, 0.25) is 0 Å². The quantitative estimate of drug-likeness (QED) is 0.622. The molecule has 3 rings (SSSR count). The fourth-order valence-corrected chi connectivity index (χ4v) is 3.38. The summed E-state index contributed by atoms with van der Waals surface area (Å²) in [5, 5.41) is 16.9. The molecule has 8 heteroatoms. The zero-order chi connectivity index (χ0) is 19.4. The van der Waals surface area contributed by atoms with Gasteiger partial charge in [-0.1, -0.05) is 18.2 Å². The van der Waals surface area contributed by atoms with E-state index in [0.29, 0.717) is 30.6 Å². The number of nitro groups is 1. The molecule has 0 saturated carbocycles. The van der Waals surface area contributed by atoms with Gasteiger partial charge in [0.1, 0.15) is 0 Å². The van der Waals surface area contributed by atoms with Gasteiger partial charge in [-0.2, -0.15) is 0 Å². The zero-order valence-corrected chi connectivity index (χ0v) is 14.5. The SMILES string of the molecule is O=C(Cc1cccc([N+](=O)[O-])c1)NC1CNCCC1c1ccc(F)c(F)c1. The number of rotatable bonds is 5. The van der Waals surface area contributed by atoms with E-state index in [1.807, 2.05) is 0 Å². The summed E-state index contributed by atoms with van der Waals surface area (Å²) >= 11 is 0. The number of non-ortho nitro benzene ring substituents is 1. The third-order valence-electron chi connectivity index (χ3n) is 4.69. The summed E-state index contributed by atoms with van der Waals surface area (Å²) in [6, 6.07) is 9.44. The number of hydrogen-bond donors (Lipinski definition) is 2. The van der Waals surface area contributed by atoms with E-state index in [4.69, 9.17) is 0 Å². The minimum atomic E-state index is -0.910. The van der Waals surface area contributed by atoms with E-state index in [1.165, 1.54) is 30.3 Å². The molecule has 0 radical (unpaired) electrons. The molecule has 2 aromatic carbocycles. The van der Waals surface area contributed by atoms with Crippen LogP contribution in [0, 0.1) is 21.7 Å². The second-order valence-corrected chi connectivity index (χ2v) is 6.55. The van der Waals surface area contributed by atoms with Crippen molar-refractivity contribution in [1.82, 2.24) is 10.6 Å². The molecule has 1 heterocycles. The lowest BCUT2D eigenvalue weighted by Gasteiger charge is -2.33. The molecule has 6 nitrogen and oxygen atoms in total. The maximum absolute atomic E-state index is 13.6. The first kappa shape index (κ1) is 18.9. The van der Waals surface area contributed by atoms with E-state index < -0.39 is 16.6 Å². The van der Waals surface area contributed by atoms with E-state index in [0.717, 1.165) is 6.07 Å². The van der Waals surface area contributed by atoms with Gasteiger partial charge in [0, 0.05) is 30.6 Å². The van der Waals surface area contributed by atoms with Gasteiger partial charge < -0.3 is 10.6 Å². The fourth-order valence-electron chi connectivity index (χ4n) is 3.38. The predicted octanol–water partition coefficient (Wildman–Crippen LogP) is 2.68. The predicted molar refractivity (Wildman–Crippen MR) is 95.3 cm³/mol. The lowest BCUT2D eigenvalue weighted by molar-refractivity contribution is -0.384. The summed E-state index contributed by atoms with van der Waals surface area (Å²) in [5.74, 6) is -2.24. The van der Waals surface area contributed by atoms with Gasteiger partial charge >= 0.3 is 0 Å². The van der Waals surface area contributed by atoms with Gasteiger partial charge in [-0.15, -0.1) is 0 Å². The van der Waals surface area contributed by atoms with Crippen LogP contribution in [-0.2, 0) is 11.2 Å². The van der Waals surface area contributed by atoms with Crippen LogP contribution in [-0.4, -0.2) is 30.0 Å². The van der Waals surface area contributed by atoms with Crippen molar-refractivity contribution >= 4 is 11.6 Å². The lowest BCUT2D eigenvalue weighted by atomic mass is 9.86. The molecule has 2 atom stereocenters. The molecule has 1 aliphatic heterocycles. The third-order valence-corrected chi connectivity index (χ3v) is 4.69. The molecular weight excluding hydrogens is 356 g/mol. The van der Waals surface area contributed by atoms with E-state index in [9.17, 15) is 23.7 Å². The number of amides is 1. The second kappa shape index (κ2) is 8.22. The van der Waals surface area contributed by atoms with Crippen LogP contribution in [0.3, 0.4) is 0 Å². The first-order valence-electron chi connectivity index (χ1n) is 8.62. The first-order chi connectivity index (χ1) is 12.9. The van der Waals surface area contributed by atoms with Crippen molar-refractivity contribution in [3.63, 3.8) is 0 Å². The summed E-state index contributed by atoms with van der Waals surface area (Å²) in [7, 11) is 0. The maximum Gasteiger partial charge on any atom is 0.269 e. The standard InChI is InChI=1S/C19H19F2N3O3/c20-16-5-4-13(10-17(16)21)15-6-7-22-11-18(15)23-19(25)9-12-2-1-3-14(8-12)24(26)27/h1-5,8,10,15,18,22H,6-7,9,11H2,(H,23,25). The van der Waals surface area contributed by atoms with Crippen molar-refractivity contribution in [3.05, 3.63) is 75.3 Å². The Morgan fingerprint density at radius 2 is 2.04 bits per heavy atom. The van der Waals surface area contributed by atoms with Crippen LogP contribution in [0.4, 0.5) is 14.5 Å². The molecule has 0 aromatic heterocycles. The molecule has 0 aliphatic carbocycles. The van der Waals surface area contributed by atoms with Crippen molar-refractivity contribution in [2.45, 2.75) is 24.8 Å². The van der Waals surface area contributed by atoms with Crippen LogP contribution < -0.4 is 10.6 Å². The number of carbonyl (C=O) groups is 1. The molecule has 0 bridgehead atoms. The molecule has 2 N–H and O–H groups in total. The van der Waals surface area contributed by atoms with Crippen LogP contribution >= 0.6 is 0 Å². The molecule has 0 spiro atoms. The maximum atomic E-state index is 13.6. The van der Waals surface area contributed by atoms with Crippen molar-refractivity contribution in [3.8, 4) is 0 Å². The third kappa shape index (κ3) is 4.65. The minimum absolute atomic E-state index is 0.00266. The summed E-state index contributed by atoms with van der Waals surface area (Å²) in [6.07, 6.45) is 0.676. The highest BCUT2D eigenvalue weighted by Gasteiger charge is 2.28. The summed E-state index contributed by atoms with van der Waals surface area (Å²) in [4.78, 5) is 22.8. The smallest absolute Gasteiger partial charge is 0.269 e. The number of piperidine rings is 1. The average molecular weight is 375 g/mol. The molecule has 1 aliphatic rings. The Kier molecular flexibility index (Phi) is 5.75. The Bertz CT molecular complexity index is 860. The number of nitro benzene ring substituents is 1. The highest BCUT2D eigenvalue weighted by atomic mass is 19.2. The number of halogens is 2. The van der Waals surface area contributed by atoms with Gasteiger partial charge in [0.2, 0.25) is 5.91 Å². The Balaban J connectivity index is 1.70. The van der Waals surface area contributed by atoms with E-state index in [-0.39, 0.29) is 30.0 Å². The van der Waals surface area contributed by atoms with E-state index >= 15 is 0 Å². The zero-order valence-electron chi connectivity index (χ0n) is 14.5. The number of hydrogen-bond acceptors (Lipinski definition) is 4. The molecule has 2 aromatic rings. The molecule has 142 valence electrons.